The van der Waals surface area contributed by atoms with Crippen LogP contribution < -0.4 is 10.6 Å². The third-order valence-electron chi connectivity index (χ3n) is 4.39. The molecule has 1 aromatic heterocycles. The Kier molecular flexibility index (Phi) is 3.49. The molecule has 0 unspecified atom stereocenters. The van der Waals surface area contributed by atoms with Crippen molar-refractivity contribution in [3.05, 3.63) is 47.7 Å². The van der Waals surface area contributed by atoms with Crippen molar-refractivity contribution in [1.82, 2.24) is 10.6 Å². The van der Waals surface area contributed by atoms with Crippen molar-refractivity contribution in [2.45, 2.75) is 25.8 Å². The van der Waals surface area contributed by atoms with Crippen LogP contribution in [0.25, 0.3) is 21.7 Å². The van der Waals surface area contributed by atoms with E-state index in [4.69, 9.17) is 4.42 Å². The molecule has 1 aliphatic carbocycles. The van der Waals surface area contributed by atoms with Crippen molar-refractivity contribution in [1.29, 1.82) is 0 Å². The van der Waals surface area contributed by atoms with Gasteiger partial charge in [0.05, 0.1) is 6.54 Å². The number of benzene rings is 2. The van der Waals surface area contributed by atoms with E-state index in [-0.39, 0.29) is 30.2 Å². The normalized spacial score (nSPS) is 14.0. The molecule has 2 N–H and O–H groups in total. The van der Waals surface area contributed by atoms with Crippen LogP contribution in [-0.4, -0.2) is 24.4 Å². The van der Waals surface area contributed by atoms with Gasteiger partial charge in [0.2, 0.25) is 5.91 Å². The summed E-state index contributed by atoms with van der Waals surface area (Å²) in [5.74, 6) is -0.260. The lowest BCUT2D eigenvalue weighted by atomic mass is 10.1. The first-order chi connectivity index (χ1) is 11.6. The number of aryl methyl sites for hydroxylation is 1. The Balaban J connectivity index is 1.61. The van der Waals surface area contributed by atoms with Gasteiger partial charge in [-0.05, 0) is 25.2 Å². The lowest BCUT2D eigenvalue weighted by molar-refractivity contribution is -0.120. The topological polar surface area (TPSA) is 71.3 Å². The van der Waals surface area contributed by atoms with E-state index in [2.05, 4.69) is 10.6 Å². The fraction of sp³-hybridized carbons (Fsp3) is 0.263. The fourth-order valence-electron chi connectivity index (χ4n) is 2.91. The molecule has 0 saturated heterocycles. The zero-order valence-electron chi connectivity index (χ0n) is 13.4. The summed E-state index contributed by atoms with van der Waals surface area (Å²) in [4.78, 5) is 24.1. The monoisotopic (exact) mass is 322 g/mol. The van der Waals surface area contributed by atoms with E-state index in [0.717, 1.165) is 34.6 Å². The van der Waals surface area contributed by atoms with Crippen LogP contribution in [0.1, 0.15) is 29.0 Å². The third-order valence-corrected chi connectivity index (χ3v) is 4.39. The molecule has 1 heterocycles. The van der Waals surface area contributed by atoms with Gasteiger partial charge in [-0.15, -0.1) is 0 Å². The predicted octanol–water partition coefficient (Wildman–Crippen LogP) is 2.90. The number of carbonyl (C=O) groups is 2. The van der Waals surface area contributed by atoms with Crippen molar-refractivity contribution >= 4 is 33.6 Å². The Labute approximate surface area is 139 Å². The summed E-state index contributed by atoms with van der Waals surface area (Å²) in [5.41, 5.74) is 1.49. The Morgan fingerprint density at radius 1 is 1.12 bits per heavy atom. The van der Waals surface area contributed by atoms with Crippen LogP contribution in [0.15, 0.2) is 40.8 Å². The highest BCUT2D eigenvalue weighted by atomic mass is 16.3. The van der Waals surface area contributed by atoms with Crippen LogP contribution in [0, 0.1) is 6.92 Å². The molecule has 0 aliphatic heterocycles. The second kappa shape index (κ2) is 5.67. The molecular formula is C19H18N2O3. The van der Waals surface area contributed by atoms with Gasteiger partial charge in [0.15, 0.2) is 5.76 Å². The van der Waals surface area contributed by atoms with Gasteiger partial charge in [-0.2, -0.15) is 0 Å². The van der Waals surface area contributed by atoms with Crippen LogP contribution in [0.2, 0.25) is 0 Å². The highest BCUT2D eigenvalue weighted by Crippen LogP contribution is 2.31. The van der Waals surface area contributed by atoms with E-state index >= 15 is 0 Å². The summed E-state index contributed by atoms with van der Waals surface area (Å²) in [5, 5.41) is 8.44. The van der Waals surface area contributed by atoms with Crippen LogP contribution in [0.5, 0.6) is 0 Å². The van der Waals surface area contributed by atoms with Crippen molar-refractivity contribution in [3.63, 3.8) is 0 Å². The summed E-state index contributed by atoms with van der Waals surface area (Å²) in [6.45, 7) is 1.83. The van der Waals surface area contributed by atoms with Gasteiger partial charge in [0, 0.05) is 22.4 Å². The molecule has 5 nitrogen and oxygen atoms in total. The summed E-state index contributed by atoms with van der Waals surface area (Å²) < 4.78 is 5.86. The zero-order valence-corrected chi connectivity index (χ0v) is 13.4. The van der Waals surface area contributed by atoms with Crippen molar-refractivity contribution in [3.8, 4) is 0 Å². The first-order valence-electron chi connectivity index (χ1n) is 8.12. The minimum atomic E-state index is -0.362. The highest BCUT2D eigenvalue weighted by Gasteiger charge is 2.24. The summed E-state index contributed by atoms with van der Waals surface area (Å²) in [6, 6.07) is 12.2. The molecule has 5 heteroatoms. The maximum atomic E-state index is 12.4. The second-order valence-electron chi connectivity index (χ2n) is 6.24. The molecule has 0 spiro atoms. The largest absolute Gasteiger partial charge is 0.450 e. The summed E-state index contributed by atoms with van der Waals surface area (Å²) >= 11 is 0. The van der Waals surface area contributed by atoms with Gasteiger partial charge in [0.25, 0.3) is 5.91 Å². The van der Waals surface area contributed by atoms with Crippen LogP contribution in [0.3, 0.4) is 0 Å². The van der Waals surface area contributed by atoms with Crippen molar-refractivity contribution < 1.29 is 14.0 Å². The maximum Gasteiger partial charge on any atom is 0.287 e. The average Bonchev–Trinajstić information content (AvgIpc) is 3.34. The molecule has 0 atom stereocenters. The first-order valence-corrected chi connectivity index (χ1v) is 8.12. The number of rotatable bonds is 4. The SMILES string of the molecule is Cc1c(C(=O)NCC(=O)NC2CC2)oc2c1ccc1ccccc12. The average molecular weight is 322 g/mol. The highest BCUT2D eigenvalue weighted by molar-refractivity contribution is 6.09. The van der Waals surface area contributed by atoms with Crippen LogP contribution in [-0.2, 0) is 4.79 Å². The molecule has 0 bridgehead atoms. The van der Waals surface area contributed by atoms with E-state index in [0.29, 0.717) is 5.58 Å². The second-order valence-corrected chi connectivity index (χ2v) is 6.24. The van der Waals surface area contributed by atoms with E-state index < -0.39 is 0 Å². The van der Waals surface area contributed by atoms with Gasteiger partial charge < -0.3 is 15.1 Å². The molecule has 1 fully saturated rings. The van der Waals surface area contributed by atoms with Crippen LogP contribution in [0.4, 0.5) is 0 Å². The van der Waals surface area contributed by atoms with Gasteiger partial charge in [-0.3, -0.25) is 9.59 Å². The van der Waals surface area contributed by atoms with Gasteiger partial charge in [-0.25, -0.2) is 0 Å². The van der Waals surface area contributed by atoms with Crippen molar-refractivity contribution in [2.75, 3.05) is 6.54 Å². The van der Waals surface area contributed by atoms with Gasteiger partial charge >= 0.3 is 0 Å². The number of hydrogen-bond acceptors (Lipinski definition) is 3. The Morgan fingerprint density at radius 2 is 1.92 bits per heavy atom. The Morgan fingerprint density at radius 3 is 2.71 bits per heavy atom. The number of carbonyl (C=O) groups excluding carboxylic acids is 2. The summed E-state index contributed by atoms with van der Waals surface area (Å²) in [7, 11) is 0. The molecule has 1 aliphatic rings. The van der Waals surface area contributed by atoms with Gasteiger partial charge in [0.1, 0.15) is 5.58 Å². The fourth-order valence-corrected chi connectivity index (χ4v) is 2.91. The molecule has 3 aromatic rings. The molecule has 1 saturated carbocycles. The predicted molar refractivity (Wildman–Crippen MR) is 92.0 cm³/mol. The Hall–Kier alpha value is -2.82. The van der Waals surface area contributed by atoms with Gasteiger partial charge in [-0.1, -0.05) is 36.4 Å². The molecule has 2 aromatic carbocycles. The minimum absolute atomic E-state index is 0.0352. The standard InChI is InChI=1S/C19H18N2O3/c1-11-14-9-6-12-4-2-3-5-15(12)18(14)24-17(11)19(23)20-10-16(22)21-13-7-8-13/h2-6,9,13H,7-8,10H2,1H3,(H,20,23)(H,21,22). The number of nitrogens with one attached hydrogen (secondary N) is 2. The number of amides is 2. The van der Waals surface area contributed by atoms with E-state index in [9.17, 15) is 9.59 Å². The lowest BCUT2D eigenvalue weighted by Crippen LogP contribution is -2.37. The van der Waals surface area contributed by atoms with E-state index in [1.54, 1.807) is 0 Å². The smallest absolute Gasteiger partial charge is 0.287 e. The lowest BCUT2D eigenvalue weighted by Gasteiger charge is -2.04. The van der Waals surface area contributed by atoms with Crippen molar-refractivity contribution in [2.24, 2.45) is 0 Å². The minimum Gasteiger partial charge on any atom is -0.450 e. The number of fused-ring (bicyclic) bond motifs is 3. The van der Waals surface area contributed by atoms with E-state index in [1.807, 2.05) is 43.3 Å². The summed E-state index contributed by atoms with van der Waals surface area (Å²) in [6.07, 6.45) is 2.05. The molecular weight excluding hydrogens is 304 g/mol. The first kappa shape index (κ1) is 14.8. The molecule has 2 amide bonds. The molecule has 4 rings (SSSR count). The zero-order chi connectivity index (χ0) is 16.7. The molecule has 122 valence electrons. The third kappa shape index (κ3) is 2.62. The maximum absolute atomic E-state index is 12.4. The van der Waals surface area contributed by atoms with E-state index in [1.165, 1.54) is 0 Å². The number of hydrogen-bond donors (Lipinski definition) is 2. The Bertz CT molecular complexity index is 954. The quantitative estimate of drug-likeness (QED) is 0.776. The molecule has 0 radical (unpaired) electrons. The molecule has 24 heavy (non-hydrogen) atoms. The van der Waals surface area contributed by atoms with Crippen LogP contribution >= 0.6 is 0 Å². The number of furan rings is 1.